The average Bonchev–Trinajstić information content (AvgIpc) is 3.37. The second kappa shape index (κ2) is 7.59. The number of pyridine rings is 2. The summed E-state index contributed by atoms with van der Waals surface area (Å²) in [6, 6.07) is 1.31. The van der Waals surface area contributed by atoms with Gasteiger partial charge in [0.1, 0.15) is 11.4 Å². The summed E-state index contributed by atoms with van der Waals surface area (Å²) in [5.74, 6) is 0.0267. The van der Waals surface area contributed by atoms with Gasteiger partial charge in [-0.3, -0.25) is 19.4 Å². The van der Waals surface area contributed by atoms with Gasteiger partial charge in [0.25, 0.3) is 17.4 Å². The van der Waals surface area contributed by atoms with Crippen molar-refractivity contribution >= 4 is 11.8 Å². The zero-order valence-corrected chi connectivity index (χ0v) is 17.4. The third-order valence-electron chi connectivity index (χ3n) is 7.09. The molecule has 0 saturated heterocycles. The minimum absolute atomic E-state index is 0.147. The van der Waals surface area contributed by atoms with Crippen LogP contribution in [0.1, 0.15) is 57.5 Å². The van der Waals surface area contributed by atoms with E-state index in [-0.39, 0.29) is 41.1 Å². The number of fused-ring (bicyclic) bond motifs is 3. The standard InChI is InChI=1S/C23H25FN4O3/c1-27-11-16-12-28(22(30)15-8-17(24)10-25-9-15)5-4-18(16)20(23(27)31)21(29)26-19-7-13-2-3-14(19)6-13/h8-11,13-14,19H,2-7,12H2,1H3,(H,26,29)/t13-,14+,19-/m1/s1. The third-order valence-corrected chi connectivity index (χ3v) is 7.09. The van der Waals surface area contributed by atoms with Crippen LogP contribution in [0, 0.1) is 17.7 Å². The Balaban J connectivity index is 1.40. The molecule has 2 amide bonds. The molecule has 0 radical (unpaired) electrons. The van der Waals surface area contributed by atoms with Crippen LogP contribution in [0.5, 0.6) is 0 Å². The first kappa shape index (κ1) is 19.9. The maximum absolute atomic E-state index is 13.5. The van der Waals surface area contributed by atoms with Crippen molar-refractivity contribution in [2.45, 2.75) is 44.7 Å². The molecule has 3 aliphatic rings. The number of aryl methyl sites for hydroxylation is 1. The fourth-order valence-electron chi connectivity index (χ4n) is 5.57. The van der Waals surface area contributed by atoms with Crippen LogP contribution in [0.25, 0.3) is 0 Å². The molecule has 2 aromatic rings. The topological polar surface area (TPSA) is 84.3 Å². The number of carbonyl (C=O) groups excluding carboxylic acids is 2. The van der Waals surface area contributed by atoms with E-state index in [2.05, 4.69) is 10.3 Å². The lowest BCUT2D eigenvalue weighted by Gasteiger charge is -2.30. The van der Waals surface area contributed by atoms with E-state index in [9.17, 15) is 18.8 Å². The molecule has 2 bridgehead atoms. The Kier molecular flexibility index (Phi) is 4.87. The number of halogens is 1. The quantitative estimate of drug-likeness (QED) is 0.817. The summed E-state index contributed by atoms with van der Waals surface area (Å²) in [6.07, 6.45) is 9.04. The summed E-state index contributed by atoms with van der Waals surface area (Å²) >= 11 is 0. The minimum Gasteiger partial charge on any atom is -0.349 e. The summed E-state index contributed by atoms with van der Waals surface area (Å²) in [6.45, 7) is 0.608. The van der Waals surface area contributed by atoms with Gasteiger partial charge in [-0.2, -0.15) is 0 Å². The van der Waals surface area contributed by atoms with Gasteiger partial charge in [-0.25, -0.2) is 4.39 Å². The molecule has 162 valence electrons. The number of aromatic nitrogens is 2. The van der Waals surface area contributed by atoms with E-state index in [0.29, 0.717) is 30.4 Å². The van der Waals surface area contributed by atoms with E-state index < -0.39 is 5.82 Å². The normalized spacial score (nSPS) is 24.2. The number of rotatable bonds is 3. The summed E-state index contributed by atoms with van der Waals surface area (Å²) in [5.41, 5.74) is 1.55. The molecular weight excluding hydrogens is 399 g/mol. The highest BCUT2D eigenvalue weighted by Gasteiger charge is 2.41. The highest BCUT2D eigenvalue weighted by molar-refractivity contribution is 5.97. The second-order valence-electron chi connectivity index (χ2n) is 9.05. The zero-order valence-electron chi connectivity index (χ0n) is 17.4. The Bertz CT molecular complexity index is 1130. The van der Waals surface area contributed by atoms with Gasteiger partial charge in [0.15, 0.2) is 0 Å². The van der Waals surface area contributed by atoms with Crippen molar-refractivity contribution < 1.29 is 14.0 Å². The average molecular weight is 424 g/mol. The number of amides is 2. The molecule has 3 atom stereocenters. The molecule has 8 heteroatoms. The lowest BCUT2D eigenvalue weighted by molar-refractivity contribution is 0.0733. The molecule has 2 fully saturated rings. The Morgan fingerprint density at radius 3 is 2.77 bits per heavy atom. The number of carbonyl (C=O) groups is 2. The molecule has 1 N–H and O–H groups in total. The molecule has 7 nitrogen and oxygen atoms in total. The predicted octanol–water partition coefficient (Wildman–Crippen LogP) is 2.04. The van der Waals surface area contributed by atoms with Gasteiger partial charge >= 0.3 is 0 Å². The van der Waals surface area contributed by atoms with Crippen molar-refractivity contribution in [1.82, 2.24) is 19.8 Å². The Labute approximate surface area is 179 Å². The zero-order chi connectivity index (χ0) is 21.7. The molecule has 0 aromatic carbocycles. The first-order chi connectivity index (χ1) is 14.9. The van der Waals surface area contributed by atoms with Crippen molar-refractivity contribution in [2.75, 3.05) is 6.54 Å². The fourth-order valence-corrected chi connectivity index (χ4v) is 5.57. The van der Waals surface area contributed by atoms with Gasteiger partial charge in [0.05, 0.1) is 11.8 Å². The lowest BCUT2D eigenvalue weighted by atomic mass is 9.93. The lowest BCUT2D eigenvalue weighted by Crippen LogP contribution is -2.44. The van der Waals surface area contributed by atoms with Gasteiger partial charge in [0, 0.05) is 38.6 Å². The van der Waals surface area contributed by atoms with Crippen molar-refractivity contribution in [3.05, 3.63) is 63.1 Å². The van der Waals surface area contributed by atoms with E-state index >= 15 is 0 Å². The Hall–Kier alpha value is -3.03. The van der Waals surface area contributed by atoms with E-state index in [4.69, 9.17) is 0 Å². The van der Waals surface area contributed by atoms with Crippen LogP contribution in [-0.4, -0.2) is 38.9 Å². The first-order valence-electron chi connectivity index (χ1n) is 10.8. The highest BCUT2D eigenvalue weighted by atomic mass is 19.1. The molecule has 0 unspecified atom stereocenters. The van der Waals surface area contributed by atoms with Crippen LogP contribution in [0.15, 0.2) is 29.5 Å². The third kappa shape index (κ3) is 3.54. The van der Waals surface area contributed by atoms with Crippen molar-refractivity contribution in [3.63, 3.8) is 0 Å². The number of nitrogens with zero attached hydrogens (tertiary/aromatic N) is 3. The molecule has 2 aliphatic carbocycles. The molecule has 5 rings (SSSR count). The summed E-state index contributed by atoms with van der Waals surface area (Å²) in [7, 11) is 1.62. The highest BCUT2D eigenvalue weighted by Crippen LogP contribution is 2.44. The molecular formula is C23H25FN4O3. The Morgan fingerprint density at radius 1 is 1.23 bits per heavy atom. The van der Waals surface area contributed by atoms with E-state index in [1.165, 1.54) is 29.7 Å². The van der Waals surface area contributed by atoms with Gasteiger partial charge in [-0.05, 0) is 54.7 Å². The van der Waals surface area contributed by atoms with Crippen molar-refractivity contribution in [3.8, 4) is 0 Å². The molecule has 0 spiro atoms. The van der Waals surface area contributed by atoms with Crippen LogP contribution >= 0.6 is 0 Å². The van der Waals surface area contributed by atoms with Gasteiger partial charge in [-0.1, -0.05) is 6.42 Å². The van der Waals surface area contributed by atoms with Gasteiger partial charge in [-0.15, -0.1) is 0 Å². The maximum Gasteiger partial charge on any atom is 0.263 e. The molecule has 1 aliphatic heterocycles. The monoisotopic (exact) mass is 424 g/mol. The van der Waals surface area contributed by atoms with Crippen molar-refractivity contribution in [1.29, 1.82) is 0 Å². The van der Waals surface area contributed by atoms with E-state index in [0.717, 1.165) is 24.6 Å². The number of hydrogen-bond donors (Lipinski definition) is 1. The van der Waals surface area contributed by atoms with Crippen LogP contribution in [0.2, 0.25) is 0 Å². The van der Waals surface area contributed by atoms with Crippen LogP contribution < -0.4 is 10.9 Å². The van der Waals surface area contributed by atoms with Crippen molar-refractivity contribution in [2.24, 2.45) is 18.9 Å². The second-order valence-corrected chi connectivity index (χ2v) is 9.05. The van der Waals surface area contributed by atoms with Crippen LogP contribution in [0.3, 0.4) is 0 Å². The SMILES string of the molecule is Cn1cc2c(c(C(=O)N[C@@H]3C[C@@H]4CC[C@H]3C4)c1=O)CCN(C(=O)c1cncc(F)c1)C2. The van der Waals surface area contributed by atoms with Crippen LogP contribution in [0.4, 0.5) is 4.39 Å². The predicted molar refractivity (Wildman–Crippen MR) is 111 cm³/mol. The maximum atomic E-state index is 13.5. The van der Waals surface area contributed by atoms with Gasteiger partial charge in [0.2, 0.25) is 0 Å². The minimum atomic E-state index is -0.565. The largest absolute Gasteiger partial charge is 0.349 e. The van der Waals surface area contributed by atoms with Crippen LogP contribution in [-0.2, 0) is 20.0 Å². The number of hydrogen-bond acceptors (Lipinski definition) is 4. The fraction of sp³-hybridized carbons (Fsp3) is 0.478. The van der Waals surface area contributed by atoms with E-state index in [1.807, 2.05) is 0 Å². The summed E-state index contributed by atoms with van der Waals surface area (Å²) in [5, 5.41) is 3.13. The Morgan fingerprint density at radius 2 is 2.06 bits per heavy atom. The smallest absolute Gasteiger partial charge is 0.263 e. The summed E-state index contributed by atoms with van der Waals surface area (Å²) < 4.78 is 14.9. The van der Waals surface area contributed by atoms with Gasteiger partial charge < -0.3 is 14.8 Å². The molecule has 3 heterocycles. The van der Waals surface area contributed by atoms with E-state index in [1.54, 1.807) is 18.1 Å². The number of nitrogens with one attached hydrogen (secondary N) is 1. The summed E-state index contributed by atoms with van der Waals surface area (Å²) in [4.78, 5) is 44.2. The molecule has 31 heavy (non-hydrogen) atoms. The first-order valence-corrected chi connectivity index (χ1v) is 10.8. The molecule has 2 saturated carbocycles. The molecule has 2 aromatic heterocycles.